The van der Waals surface area contributed by atoms with Gasteiger partial charge in [0, 0.05) is 25.7 Å². The number of rotatable bonds is 3. The van der Waals surface area contributed by atoms with E-state index in [9.17, 15) is 0 Å². The minimum atomic E-state index is 0.395. The molecule has 1 unspecified atom stereocenters. The molecule has 2 nitrogen and oxygen atoms in total. The van der Waals surface area contributed by atoms with E-state index in [0.717, 1.165) is 5.92 Å². The minimum Gasteiger partial charge on any atom is -0.311 e. The van der Waals surface area contributed by atoms with Gasteiger partial charge in [-0.15, -0.1) is 0 Å². The first-order valence-electron chi connectivity index (χ1n) is 7.51. The van der Waals surface area contributed by atoms with Crippen molar-refractivity contribution in [3.05, 3.63) is 0 Å². The first kappa shape index (κ1) is 13.4. The van der Waals surface area contributed by atoms with Gasteiger partial charge in [-0.2, -0.15) is 0 Å². The van der Waals surface area contributed by atoms with Crippen molar-refractivity contribution in [2.75, 3.05) is 26.2 Å². The van der Waals surface area contributed by atoms with Gasteiger partial charge in [0.15, 0.2) is 0 Å². The summed E-state index contributed by atoms with van der Waals surface area (Å²) in [6.45, 7) is 12.1. The van der Waals surface area contributed by atoms with Crippen LogP contribution in [-0.2, 0) is 0 Å². The average Bonchev–Trinajstić information content (AvgIpc) is 2.78. The van der Waals surface area contributed by atoms with Gasteiger partial charge in [-0.3, -0.25) is 0 Å². The van der Waals surface area contributed by atoms with E-state index in [1.54, 1.807) is 0 Å². The van der Waals surface area contributed by atoms with E-state index in [-0.39, 0.29) is 0 Å². The van der Waals surface area contributed by atoms with Crippen LogP contribution in [0.1, 0.15) is 52.9 Å². The summed E-state index contributed by atoms with van der Waals surface area (Å²) < 4.78 is 0. The maximum atomic E-state index is 3.68. The quantitative estimate of drug-likeness (QED) is 0.813. The molecule has 0 spiro atoms. The third-order valence-electron chi connectivity index (χ3n) is 4.63. The first-order chi connectivity index (χ1) is 8.05. The van der Waals surface area contributed by atoms with Crippen molar-refractivity contribution in [3.8, 4) is 0 Å². The Labute approximate surface area is 107 Å². The Morgan fingerprint density at radius 1 is 1.18 bits per heavy atom. The molecule has 0 bridgehead atoms. The lowest BCUT2D eigenvalue weighted by Crippen LogP contribution is -2.56. The predicted molar refractivity (Wildman–Crippen MR) is 74.3 cm³/mol. The smallest absolute Gasteiger partial charge is 0.0244 e. The van der Waals surface area contributed by atoms with Crippen LogP contribution in [0.5, 0.6) is 0 Å². The molecule has 2 aliphatic rings. The monoisotopic (exact) mass is 238 g/mol. The fraction of sp³-hybridized carbons (Fsp3) is 1.00. The zero-order chi connectivity index (χ0) is 12.3. The Morgan fingerprint density at radius 2 is 1.88 bits per heavy atom. The molecule has 1 atom stereocenters. The molecule has 1 saturated carbocycles. The second-order valence-corrected chi connectivity index (χ2v) is 7.11. The number of hydrogen-bond donors (Lipinski definition) is 1. The van der Waals surface area contributed by atoms with Gasteiger partial charge in [0.2, 0.25) is 0 Å². The van der Waals surface area contributed by atoms with E-state index >= 15 is 0 Å². The zero-order valence-electron chi connectivity index (χ0n) is 12.0. The largest absolute Gasteiger partial charge is 0.311 e. The van der Waals surface area contributed by atoms with E-state index in [4.69, 9.17) is 0 Å². The summed E-state index contributed by atoms with van der Waals surface area (Å²) in [6, 6.07) is 0.667. The average molecular weight is 238 g/mol. The van der Waals surface area contributed by atoms with Crippen molar-refractivity contribution in [1.29, 1.82) is 0 Å². The summed E-state index contributed by atoms with van der Waals surface area (Å²) in [4.78, 5) is 2.69. The van der Waals surface area contributed by atoms with Gasteiger partial charge in [0.1, 0.15) is 0 Å². The Balaban J connectivity index is 1.73. The molecule has 1 heterocycles. The number of nitrogens with zero attached hydrogens (tertiary/aromatic N) is 1. The highest BCUT2D eigenvalue weighted by Gasteiger charge is 2.29. The van der Waals surface area contributed by atoms with Gasteiger partial charge >= 0.3 is 0 Å². The van der Waals surface area contributed by atoms with E-state index in [1.807, 2.05) is 0 Å². The molecule has 1 saturated heterocycles. The van der Waals surface area contributed by atoms with Crippen molar-refractivity contribution in [3.63, 3.8) is 0 Å². The highest BCUT2D eigenvalue weighted by molar-refractivity contribution is 4.87. The molecule has 0 aromatic heterocycles. The van der Waals surface area contributed by atoms with E-state index in [1.165, 1.54) is 58.3 Å². The van der Waals surface area contributed by atoms with Crippen LogP contribution in [0, 0.1) is 11.3 Å². The third kappa shape index (κ3) is 3.96. The van der Waals surface area contributed by atoms with Crippen LogP contribution >= 0.6 is 0 Å². The zero-order valence-corrected chi connectivity index (χ0v) is 12.0. The topological polar surface area (TPSA) is 15.3 Å². The molecular weight excluding hydrogens is 208 g/mol. The standard InChI is InChI=1S/C15H30N2/c1-15(2,3)14-12-17(11-9-16-14)10-8-13-6-4-5-7-13/h13-14,16H,4-12H2,1-3H3. The molecule has 0 radical (unpaired) electrons. The molecule has 0 aromatic rings. The summed E-state index contributed by atoms with van der Waals surface area (Å²) in [7, 11) is 0. The Hall–Kier alpha value is -0.0800. The Bertz CT molecular complexity index is 226. The van der Waals surface area contributed by atoms with Crippen molar-refractivity contribution >= 4 is 0 Å². The van der Waals surface area contributed by atoms with Crippen LogP contribution in [-0.4, -0.2) is 37.1 Å². The van der Waals surface area contributed by atoms with Crippen molar-refractivity contribution in [2.24, 2.45) is 11.3 Å². The van der Waals surface area contributed by atoms with Crippen LogP contribution < -0.4 is 5.32 Å². The molecule has 100 valence electrons. The molecular formula is C15H30N2. The maximum Gasteiger partial charge on any atom is 0.0244 e. The number of hydrogen-bond acceptors (Lipinski definition) is 2. The van der Waals surface area contributed by atoms with Gasteiger partial charge < -0.3 is 10.2 Å². The number of piperazine rings is 1. The van der Waals surface area contributed by atoms with Gasteiger partial charge in [-0.1, -0.05) is 46.5 Å². The van der Waals surface area contributed by atoms with Crippen molar-refractivity contribution < 1.29 is 0 Å². The van der Waals surface area contributed by atoms with Gasteiger partial charge in [0.25, 0.3) is 0 Å². The molecule has 1 aliphatic carbocycles. The van der Waals surface area contributed by atoms with Gasteiger partial charge in [0.05, 0.1) is 0 Å². The van der Waals surface area contributed by atoms with Gasteiger partial charge in [-0.05, 0) is 24.3 Å². The second-order valence-electron chi connectivity index (χ2n) is 7.11. The molecule has 2 rings (SSSR count). The fourth-order valence-corrected chi connectivity index (χ4v) is 3.26. The van der Waals surface area contributed by atoms with E-state index < -0.39 is 0 Å². The summed E-state index contributed by atoms with van der Waals surface area (Å²) in [5.74, 6) is 1.04. The lowest BCUT2D eigenvalue weighted by Gasteiger charge is -2.40. The summed E-state index contributed by atoms with van der Waals surface area (Å²) in [6.07, 6.45) is 7.40. The number of nitrogens with one attached hydrogen (secondary N) is 1. The van der Waals surface area contributed by atoms with Gasteiger partial charge in [-0.25, -0.2) is 0 Å². The molecule has 2 fully saturated rings. The summed E-state index contributed by atoms with van der Waals surface area (Å²) in [5.41, 5.74) is 0.395. The van der Waals surface area contributed by atoms with Crippen molar-refractivity contribution in [1.82, 2.24) is 10.2 Å². The molecule has 0 aromatic carbocycles. The predicted octanol–water partition coefficient (Wildman–Crippen LogP) is 2.89. The van der Waals surface area contributed by atoms with Crippen molar-refractivity contribution in [2.45, 2.75) is 58.9 Å². The SMILES string of the molecule is CC(C)(C)C1CN(CCC2CCCC2)CCN1. The van der Waals surface area contributed by atoms with Crippen LogP contribution in [0.25, 0.3) is 0 Å². The van der Waals surface area contributed by atoms with E-state index in [0.29, 0.717) is 11.5 Å². The summed E-state index contributed by atoms with van der Waals surface area (Å²) in [5, 5.41) is 3.68. The lowest BCUT2D eigenvalue weighted by molar-refractivity contribution is 0.129. The fourth-order valence-electron chi connectivity index (χ4n) is 3.26. The molecule has 17 heavy (non-hydrogen) atoms. The third-order valence-corrected chi connectivity index (χ3v) is 4.63. The highest BCUT2D eigenvalue weighted by atomic mass is 15.2. The highest BCUT2D eigenvalue weighted by Crippen LogP contribution is 2.28. The van der Waals surface area contributed by atoms with Crippen LogP contribution in [0.15, 0.2) is 0 Å². The molecule has 1 N–H and O–H groups in total. The molecule has 1 aliphatic heterocycles. The molecule has 2 heteroatoms. The lowest BCUT2D eigenvalue weighted by atomic mass is 9.85. The normalized spacial score (nSPS) is 28.8. The Morgan fingerprint density at radius 3 is 2.53 bits per heavy atom. The summed E-state index contributed by atoms with van der Waals surface area (Å²) >= 11 is 0. The maximum absolute atomic E-state index is 3.68. The minimum absolute atomic E-state index is 0.395. The van der Waals surface area contributed by atoms with Crippen LogP contribution in [0.3, 0.4) is 0 Å². The molecule has 0 amide bonds. The van der Waals surface area contributed by atoms with Crippen LogP contribution in [0.2, 0.25) is 0 Å². The second kappa shape index (κ2) is 5.71. The van der Waals surface area contributed by atoms with Crippen LogP contribution in [0.4, 0.5) is 0 Å². The first-order valence-corrected chi connectivity index (χ1v) is 7.51. The van der Waals surface area contributed by atoms with E-state index in [2.05, 4.69) is 31.0 Å². The Kier molecular flexibility index (Phi) is 4.48.